The van der Waals surface area contributed by atoms with Gasteiger partial charge in [-0.15, -0.1) is 0 Å². The van der Waals surface area contributed by atoms with Crippen molar-refractivity contribution in [2.75, 3.05) is 23.3 Å². The fourth-order valence-electron chi connectivity index (χ4n) is 4.03. The Balaban J connectivity index is 1.54. The molecule has 2 atom stereocenters. The van der Waals surface area contributed by atoms with Crippen LogP contribution < -0.4 is 10.2 Å². The van der Waals surface area contributed by atoms with Crippen LogP contribution in [0.1, 0.15) is 42.4 Å². The van der Waals surface area contributed by atoms with Crippen molar-refractivity contribution in [1.29, 1.82) is 0 Å². The van der Waals surface area contributed by atoms with E-state index in [1.807, 2.05) is 12.1 Å². The summed E-state index contributed by atoms with van der Waals surface area (Å²) < 4.78 is 5.84. The first kappa shape index (κ1) is 24.4. The van der Waals surface area contributed by atoms with Gasteiger partial charge in [-0.05, 0) is 50.1 Å². The lowest BCUT2D eigenvalue weighted by atomic mass is 10.0. The average molecular weight is 500 g/mol. The lowest BCUT2D eigenvalue weighted by molar-refractivity contribution is -0.00572. The molecule has 0 aliphatic carbocycles. The summed E-state index contributed by atoms with van der Waals surface area (Å²) in [7, 11) is 0. The van der Waals surface area contributed by atoms with Crippen LogP contribution in [0, 0.1) is 0 Å². The number of nitrogens with zero attached hydrogens (tertiary/aromatic N) is 4. The number of pyridine rings is 1. The Kier molecular flexibility index (Phi) is 7.66. The molecule has 3 aromatic rings. The number of carbonyl (C=O) groups is 1. The molecule has 4 rings (SSSR count). The van der Waals surface area contributed by atoms with E-state index < -0.39 is 0 Å². The Hall–Kier alpha value is -2.74. The molecule has 2 unspecified atom stereocenters. The third kappa shape index (κ3) is 5.84. The summed E-state index contributed by atoms with van der Waals surface area (Å²) in [6.45, 7) is 7.63. The number of halogens is 2. The topological polar surface area (TPSA) is 80.2 Å². The standard InChI is InChI=1S/C25H27Cl2N5O2/c1-4-18-12-23(31-25(29-18)32-13-15(2)34-16(3)14-32)30-22-11-17(8-9-28-22)10-21(33)24-19(26)6-5-7-20(24)27/h5-9,11-12,15-16H,4,10,13-14H2,1-3H3,(H,28,29,30,31). The fraction of sp³-hybridized carbons (Fsp3) is 0.360. The molecule has 1 aromatic carbocycles. The molecule has 1 N–H and O–H groups in total. The molecule has 0 radical (unpaired) electrons. The van der Waals surface area contributed by atoms with Crippen molar-refractivity contribution >= 4 is 46.6 Å². The quantitative estimate of drug-likeness (QED) is 0.428. The molecule has 9 heteroatoms. The van der Waals surface area contributed by atoms with E-state index in [4.69, 9.17) is 37.9 Å². The molecule has 3 heterocycles. The molecule has 1 saturated heterocycles. The van der Waals surface area contributed by atoms with E-state index in [9.17, 15) is 4.79 Å². The third-order valence-electron chi connectivity index (χ3n) is 5.52. The maximum Gasteiger partial charge on any atom is 0.227 e. The van der Waals surface area contributed by atoms with Crippen LogP contribution in [0.4, 0.5) is 17.6 Å². The number of hydrogen-bond acceptors (Lipinski definition) is 7. The van der Waals surface area contributed by atoms with Crippen molar-refractivity contribution in [2.45, 2.75) is 45.8 Å². The number of rotatable bonds is 7. The molecule has 1 aliphatic rings. The first-order valence-corrected chi connectivity index (χ1v) is 12.1. The first-order valence-electron chi connectivity index (χ1n) is 11.3. The van der Waals surface area contributed by atoms with Crippen LogP contribution >= 0.6 is 23.2 Å². The Morgan fingerprint density at radius 3 is 2.47 bits per heavy atom. The number of aryl methyl sites for hydroxylation is 1. The highest BCUT2D eigenvalue weighted by molar-refractivity contribution is 6.39. The minimum absolute atomic E-state index is 0.108. The summed E-state index contributed by atoms with van der Waals surface area (Å²) in [6, 6.07) is 10.6. The maximum absolute atomic E-state index is 12.8. The number of benzene rings is 1. The van der Waals surface area contributed by atoms with Crippen molar-refractivity contribution in [3.63, 3.8) is 0 Å². The normalized spacial score (nSPS) is 18.1. The van der Waals surface area contributed by atoms with Gasteiger partial charge in [-0.1, -0.05) is 36.2 Å². The van der Waals surface area contributed by atoms with E-state index in [-0.39, 0.29) is 24.4 Å². The van der Waals surface area contributed by atoms with Gasteiger partial charge in [-0.2, -0.15) is 4.98 Å². The smallest absolute Gasteiger partial charge is 0.227 e. The Labute approximate surface area is 209 Å². The van der Waals surface area contributed by atoms with Crippen molar-refractivity contribution in [1.82, 2.24) is 15.0 Å². The van der Waals surface area contributed by atoms with Gasteiger partial charge < -0.3 is 15.0 Å². The third-order valence-corrected chi connectivity index (χ3v) is 6.15. The molecular formula is C25H27Cl2N5O2. The van der Waals surface area contributed by atoms with Crippen LogP contribution in [0.2, 0.25) is 10.0 Å². The van der Waals surface area contributed by atoms with Crippen molar-refractivity contribution < 1.29 is 9.53 Å². The van der Waals surface area contributed by atoms with Gasteiger partial charge in [0.1, 0.15) is 11.6 Å². The number of hydrogen-bond donors (Lipinski definition) is 1. The molecule has 178 valence electrons. The monoisotopic (exact) mass is 499 g/mol. The molecular weight excluding hydrogens is 473 g/mol. The highest BCUT2D eigenvalue weighted by Crippen LogP contribution is 2.26. The molecule has 2 aromatic heterocycles. The molecule has 7 nitrogen and oxygen atoms in total. The minimum atomic E-state index is -0.152. The Bertz CT molecular complexity index is 1160. The van der Waals surface area contributed by atoms with Gasteiger partial charge in [-0.25, -0.2) is 9.97 Å². The summed E-state index contributed by atoms with van der Waals surface area (Å²) in [6.07, 6.45) is 2.81. The maximum atomic E-state index is 12.8. The number of anilines is 3. The summed E-state index contributed by atoms with van der Waals surface area (Å²) >= 11 is 12.4. The number of carbonyl (C=O) groups excluding carboxylic acids is 1. The summed E-state index contributed by atoms with van der Waals surface area (Å²) in [5.41, 5.74) is 2.05. The zero-order valence-corrected chi connectivity index (χ0v) is 20.9. The van der Waals surface area contributed by atoms with Crippen molar-refractivity contribution in [3.05, 3.63) is 69.5 Å². The highest BCUT2D eigenvalue weighted by Gasteiger charge is 2.24. The fourth-order valence-corrected chi connectivity index (χ4v) is 4.64. The summed E-state index contributed by atoms with van der Waals surface area (Å²) in [5, 5.41) is 3.96. The minimum Gasteiger partial charge on any atom is -0.372 e. The Morgan fingerprint density at radius 2 is 1.79 bits per heavy atom. The van der Waals surface area contributed by atoms with Crippen LogP contribution in [-0.4, -0.2) is 46.0 Å². The van der Waals surface area contributed by atoms with Gasteiger partial charge in [0.2, 0.25) is 5.95 Å². The SMILES string of the molecule is CCc1cc(Nc2cc(CC(=O)c3c(Cl)cccc3Cl)ccn2)nc(N2CC(C)OC(C)C2)n1. The zero-order chi connectivity index (χ0) is 24.2. The zero-order valence-electron chi connectivity index (χ0n) is 19.4. The number of Topliss-reactive ketones (excluding diaryl/α,β-unsaturated/α-hetero) is 1. The van der Waals surface area contributed by atoms with Gasteiger partial charge in [0, 0.05) is 37.5 Å². The van der Waals surface area contributed by atoms with Crippen LogP contribution in [0.5, 0.6) is 0 Å². The van der Waals surface area contributed by atoms with Gasteiger partial charge in [-0.3, -0.25) is 4.79 Å². The van der Waals surface area contributed by atoms with Gasteiger partial charge >= 0.3 is 0 Å². The molecule has 0 spiro atoms. The second-order valence-electron chi connectivity index (χ2n) is 8.43. The number of ether oxygens (including phenoxy) is 1. The molecule has 34 heavy (non-hydrogen) atoms. The van der Waals surface area contributed by atoms with Crippen LogP contribution in [-0.2, 0) is 17.6 Å². The van der Waals surface area contributed by atoms with E-state index in [0.717, 1.165) is 30.8 Å². The molecule has 0 amide bonds. The van der Waals surface area contributed by atoms with E-state index in [2.05, 4.69) is 36.0 Å². The van der Waals surface area contributed by atoms with Crippen molar-refractivity contribution in [3.8, 4) is 0 Å². The van der Waals surface area contributed by atoms with E-state index in [1.165, 1.54) is 0 Å². The van der Waals surface area contributed by atoms with Gasteiger partial charge in [0.05, 0.1) is 27.8 Å². The number of aromatic nitrogens is 3. The first-order chi connectivity index (χ1) is 16.3. The second-order valence-corrected chi connectivity index (χ2v) is 9.25. The summed E-state index contributed by atoms with van der Waals surface area (Å²) in [5.74, 6) is 1.76. The largest absolute Gasteiger partial charge is 0.372 e. The van der Waals surface area contributed by atoms with Crippen LogP contribution in [0.15, 0.2) is 42.6 Å². The molecule has 0 saturated carbocycles. The molecule has 0 bridgehead atoms. The van der Waals surface area contributed by atoms with Crippen molar-refractivity contribution in [2.24, 2.45) is 0 Å². The Morgan fingerprint density at radius 1 is 1.09 bits per heavy atom. The van der Waals surface area contributed by atoms with E-state index >= 15 is 0 Å². The van der Waals surface area contributed by atoms with Crippen LogP contribution in [0.25, 0.3) is 0 Å². The van der Waals surface area contributed by atoms with Gasteiger partial charge in [0.25, 0.3) is 0 Å². The average Bonchev–Trinajstić information content (AvgIpc) is 2.78. The molecule has 1 aliphatic heterocycles. The summed E-state index contributed by atoms with van der Waals surface area (Å²) in [4.78, 5) is 28.8. The number of morpholine rings is 1. The predicted octanol–water partition coefficient (Wildman–Crippen LogP) is 5.52. The molecule has 1 fully saturated rings. The lowest BCUT2D eigenvalue weighted by Gasteiger charge is -2.35. The van der Waals surface area contributed by atoms with Crippen LogP contribution in [0.3, 0.4) is 0 Å². The van der Waals surface area contributed by atoms with E-state index in [1.54, 1.807) is 30.5 Å². The predicted molar refractivity (Wildman–Crippen MR) is 136 cm³/mol. The second kappa shape index (κ2) is 10.7. The van der Waals surface area contributed by atoms with E-state index in [0.29, 0.717) is 33.2 Å². The number of nitrogens with one attached hydrogen (secondary N) is 1. The van der Waals surface area contributed by atoms with Gasteiger partial charge in [0.15, 0.2) is 5.78 Å². The lowest BCUT2D eigenvalue weighted by Crippen LogP contribution is -2.46. The highest BCUT2D eigenvalue weighted by atomic mass is 35.5. The number of ketones is 1.